The summed E-state index contributed by atoms with van der Waals surface area (Å²) in [6, 6.07) is 0. The van der Waals surface area contributed by atoms with Gasteiger partial charge in [-0.15, -0.1) is 0 Å². The molecule has 3 N–H and O–H groups in total. The molecule has 0 radical (unpaired) electrons. The minimum atomic E-state index is 0.0535. The van der Waals surface area contributed by atoms with Crippen LogP contribution in [0.25, 0.3) is 0 Å². The number of amides is 1. The van der Waals surface area contributed by atoms with E-state index in [1.807, 2.05) is 0 Å². The largest absolute Gasteiger partial charge is 0.359 e. The Kier molecular flexibility index (Phi) is 5.15. The van der Waals surface area contributed by atoms with Crippen molar-refractivity contribution in [3.63, 3.8) is 0 Å². The molecule has 0 atom stereocenters. The van der Waals surface area contributed by atoms with E-state index in [1.165, 1.54) is 0 Å². The summed E-state index contributed by atoms with van der Waals surface area (Å²) in [5, 5.41) is 2.52. The molecule has 0 aromatic heterocycles. The molecular formula is C5H13N3O. The molecule has 9 heavy (non-hydrogen) atoms. The van der Waals surface area contributed by atoms with Gasteiger partial charge in [-0.25, -0.2) is 0 Å². The standard InChI is InChI=1S/C5H13N3O/c1-6-5(9)3-4-8-7-2/h7-8H,3-4H2,1-2H3,(H,6,9). The number of carbonyl (C=O) groups excluding carboxylic acids is 1. The molecule has 4 nitrogen and oxygen atoms in total. The van der Waals surface area contributed by atoms with Crippen molar-refractivity contribution in [2.24, 2.45) is 0 Å². The lowest BCUT2D eigenvalue weighted by atomic mass is 10.4. The molecule has 0 saturated heterocycles. The summed E-state index contributed by atoms with van der Waals surface area (Å²) >= 11 is 0. The van der Waals surface area contributed by atoms with Crippen LogP contribution in [0.4, 0.5) is 0 Å². The zero-order valence-corrected chi connectivity index (χ0v) is 5.82. The lowest BCUT2D eigenvalue weighted by Crippen LogP contribution is -2.31. The minimum Gasteiger partial charge on any atom is -0.359 e. The zero-order valence-electron chi connectivity index (χ0n) is 5.82. The molecule has 0 aromatic rings. The van der Waals surface area contributed by atoms with Crippen LogP contribution in [0.5, 0.6) is 0 Å². The monoisotopic (exact) mass is 131 g/mol. The third kappa shape index (κ3) is 5.26. The van der Waals surface area contributed by atoms with E-state index in [0.717, 1.165) is 0 Å². The molecule has 0 saturated carbocycles. The fourth-order valence-electron chi connectivity index (χ4n) is 0.426. The van der Waals surface area contributed by atoms with E-state index in [4.69, 9.17) is 0 Å². The maximum Gasteiger partial charge on any atom is 0.221 e. The van der Waals surface area contributed by atoms with Gasteiger partial charge < -0.3 is 5.32 Å². The van der Waals surface area contributed by atoms with E-state index in [-0.39, 0.29) is 5.91 Å². The Bertz CT molecular complexity index is 84.3. The van der Waals surface area contributed by atoms with Crippen molar-refractivity contribution in [2.75, 3.05) is 20.6 Å². The predicted octanol–water partition coefficient (Wildman–Crippen LogP) is -1.15. The van der Waals surface area contributed by atoms with Crippen LogP contribution in [0.1, 0.15) is 6.42 Å². The SMILES string of the molecule is CNNCCC(=O)NC. The van der Waals surface area contributed by atoms with Crippen molar-refractivity contribution in [2.45, 2.75) is 6.42 Å². The van der Waals surface area contributed by atoms with Gasteiger partial charge in [-0.3, -0.25) is 15.6 Å². The summed E-state index contributed by atoms with van der Waals surface area (Å²) < 4.78 is 0. The Morgan fingerprint density at radius 2 is 2.11 bits per heavy atom. The Morgan fingerprint density at radius 1 is 1.44 bits per heavy atom. The van der Waals surface area contributed by atoms with Crippen molar-refractivity contribution in [3.05, 3.63) is 0 Å². The minimum absolute atomic E-state index is 0.0535. The second-order valence-electron chi connectivity index (χ2n) is 1.60. The zero-order chi connectivity index (χ0) is 7.11. The fraction of sp³-hybridized carbons (Fsp3) is 0.800. The van der Waals surface area contributed by atoms with Gasteiger partial charge in [0.25, 0.3) is 0 Å². The smallest absolute Gasteiger partial charge is 0.221 e. The molecule has 0 unspecified atom stereocenters. The topological polar surface area (TPSA) is 53.2 Å². The Hall–Kier alpha value is -0.610. The molecule has 1 amide bonds. The average molecular weight is 131 g/mol. The molecule has 0 rings (SSSR count). The first-order valence-electron chi connectivity index (χ1n) is 2.91. The number of hydrazine groups is 1. The second kappa shape index (κ2) is 5.53. The summed E-state index contributed by atoms with van der Waals surface area (Å²) in [6.07, 6.45) is 0.511. The van der Waals surface area contributed by atoms with Crippen LogP contribution in [0.3, 0.4) is 0 Å². The van der Waals surface area contributed by atoms with E-state index in [2.05, 4.69) is 16.2 Å². The van der Waals surface area contributed by atoms with Crippen LogP contribution in [-0.4, -0.2) is 26.5 Å². The van der Waals surface area contributed by atoms with Crippen LogP contribution in [0.15, 0.2) is 0 Å². The molecule has 0 aliphatic rings. The highest BCUT2D eigenvalue weighted by Crippen LogP contribution is 1.71. The molecular weight excluding hydrogens is 118 g/mol. The number of nitrogens with one attached hydrogen (secondary N) is 3. The van der Waals surface area contributed by atoms with Gasteiger partial charge in [0.05, 0.1) is 0 Å². The second-order valence-corrected chi connectivity index (χ2v) is 1.60. The molecule has 54 valence electrons. The Labute approximate surface area is 55.0 Å². The van der Waals surface area contributed by atoms with E-state index in [1.54, 1.807) is 14.1 Å². The summed E-state index contributed by atoms with van der Waals surface area (Å²) in [5.41, 5.74) is 5.52. The molecule has 0 aliphatic heterocycles. The van der Waals surface area contributed by atoms with Gasteiger partial charge in [-0.1, -0.05) is 0 Å². The van der Waals surface area contributed by atoms with E-state index in [9.17, 15) is 4.79 Å². The molecule has 0 fully saturated rings. The van der Waals surface area contributed by atoms with Gasteiger partial charge in [0.2, 0.25) is 5.91 Å². The number of hydrogen-bond acceptors (Lipinski definition) is 3. The molecule has 0 spiro atoms. The van der Waals surface area contributed by atoms with E-state index in [0.29, 0.717) is 13.0 Å². The third-order valence-corrected chi connectivity index (χ3v) is 0.933. The highest BCUT2D eigenvalue weighted by molar-refractivity contribution is 5.75. The van der Waals surface area contributed by atoms with E-state index < -0.39 is 0 Å². The van der Waals surface area contributed by atoms with Gasteiger partial charge in [0.1, 0.15) is 0 Å². The molecule has 0 aliphatic carbocycles. The first-order chi connectivity index (χ1) is 4.31. The quantitative estimate of drug-likeness (QED) is 0.333. The molecule has 0 heterocycles. The summed E-state index contributed by atoms with van der Waals surface area (Å²) in [7, 11) is 3.39. The predicted molar refractivity (Wildman–Crippen MR) is 35.7 cm³/mol. The van der Waals surface area contributed by atoms with Crippen molar-refractivity contribution in [1.82, 2.24) is 16.2 Å². The fourth-order valence-corrected chi connectivity index (χ4v) is 0.426. The number of carbonyl (C=O) groups is 1. The van der Waals surface area contributed by atoms with Crippen LogP contribution >= 0.6 is 0 Å². The third-order valence-electron chi connectivity index (χ3n) is 0.933. The normalized spacial score (nSPS) is 9.11. The Morgan fingerprint density at radius 3 is 2.56 bits per heavy atom. The van der Waals surface area contributed by atoms with Gasteiger partial charge >= 0.3 is 0 Å². The summed E-state index contributed by atoms with van der Waals surface area (Å²) in [6.45, 7) is 0.663. The molecule has 0 aromatic carbocycles. The van der Waals surface area contributed by atoms with Crippen molar-refractivity contribution >= 4 is 5.91 Å². The summed E-state index contributed by atoms with van der Waals surface area (Å²) in [5.74, 6) is 0.0535. The highest BCUT2D eigenvalue weighted by atomic mass is 16.1. The van der Waals surface area contributed by atoms with Crippen LogP contribution in [0, 0.1) is 0 Å². The van der Waals surface area contributed by atoms with Crippen LogP contribution in [0.2, 0.25) is 0 Å². The lowest BCUT2D eigenvalue weighted by Gasteiger charge is -1.99. The number of hydrogen-bond donors (Lipinski definition) is 3. The van der Waals surface area contributed by atoms with Crippen molar-refractivity contribution in [3.8, 4) is 0 Å². The molecule has 0 bridgehead atoms. The van der Waals surface area contributed by atoms with Gasteiger partial charge in [0, 0.05) is 20.0 Å². The van der Waals surface area contributed by atoms with Crippen LogP contribution < -0.4 is 16.2 Å². The highest BCUT2D eigenvalue weighted by Gasteiger charge is 1.93. The Balaban J connectivity index is 2.97. The molecule has 4 heteroatoms. The van der Waals surface area contributed by atoms with Crippen LogP contribution in [-0.2, 0) is 4.79 Å². The summed E-state index contributed by atoms with van der Waals surface area (Å²) in [4.78, 5) is 10.5. The number of rotatable bonds is 4. The van der Waals surface area contributed by atoms with Crippen molar-refractivity contribution in [1.29, 1.82) is 0 Å². The first-order valence-corrected chi connectivity index (χ1v) is 2.91. The van der Waals surface area contributed by atoms with Gasteiger partial charge in [-0.2, -0.15) is 0 Å². The maximum absolute atomic E-state index is 10.5. The van der Waals surface area contributed by atoms with Crippen molar-refractivity contribution < 1.29 is 4.79 Å². The maximum atomic E-state index is 10.5. The van der Waals surface area contributed by atoms with Gasteiger partial charge in [0.15, 0.2) is 0 Å². The average Bonchev–Trinajstić information content (AvgIpc) is 1.89. The lowest BCUT2D eigenvalue weighted by molar-refractivity contribution is -0.120. The van der Waals surface area contributed by atoms with Gasteiger partial charge in [-0.05, 0) is 7.05 Å². The van der Waals surface area contributed by atoms with E-state index >= 15 is 0 Å². The first kappa shape index (κ1) is 8.39.